The van der Waals surface area contributed by atoms with Crippen LogP contribution >= 0.6 is 23.2 Å². The number of nitrogens with zero attached hydrogens (tertiary/aromatic N) is 1. The first-order valence-electron chi connectivity index (χ1n) is 7.79. The second kappa shape index (κ2) is 7.06. The molecule has 132 valence electrons. The van der Waals surface area contributed by atoms with Crippen LogP contribution in [0.25, 0.3) is 0 Å². The molecule has 1 aromatic heterocycles. The number of carboxylic acid groups (broad SMARTS) is 1. The molecule has 2 N–H and O–H groups in total. The topological polar surface area (TPSA) is 92.4 Å². The Labute approximate surface area is 154 Å². The minimum Gasteiger partial charge on any atom is -0.480 e. The highest BCUT2D eigenvalue weighted by atomic mass is 35.5. The van der Waals surface area contributed by atoms with Crippen molar-refractivity contribution in [3.05, 3.63) is 51.2 Å². The molecule has 0 saturated heterocycles. The largest absolute Gasteiger partial charge is 0.480 e. The molecule has 6 nitrogen and oxygen atoms in total. The molecule has 1 unspecified atom stereocenters. The molecule has 1 heterocycles. The molecule has 1 atom stereocenters. The fourth-order valence-corrected chi connectivity index (χ4v) is 3.09. The number of nitrogens with one attached hydrogen (secondary N) is 1. The quantitative estimate of drug-likeness (QED) is 0.795. The summed E-state index contributed by atoms with van der Waals surface area (Å²) in [5.74, 6) is -0.904. The van der Waals surface area contributed by atoms with Crippen molar-refractivity contribution < 1.29 is 19.1 Å². The van der Waals surface area contributed by atoms with Crippen molar-refractivity contribution in [3.63, 3.8) is 0 Å². The van der Waals surface area contributed by atoms with Gasteiger partial charge in [-0.15, -0.1) is 0 Å². The van der Waals surface area contributed by atoms with Gasteiger partial charge in [0.25, 0.3) is 5.91 Å². The lowest BCUT2D eigenvalue weighted by molar-refractivity contribution is -0.139. The van der Waals surface area contributed by atoms with Crippen molar-refractivity contribution in [1.82, 2.24) is 10.3 Å². The number of hydrogen-bond donors (Lipinski definition) is 2. The molecule has 0 spiro atoms. The number of halogens is 2. The van der Waals surface area contributed by atoms with Gasteiger partial charge in [0.05, 0.1) is 5.69 Å². The maximum absolute atomic E-state index is 12.4. The molecule has 25 heavy (non-hydrogen) atoms. The van der Waals surface area contributed by atoms with Gasteiger partial charge >= 0.3 is 5.97 Å². The first-order chi connectivity index (χ1) is 11.8. The highest BCUT2D eigenvalue weighted by molar-refractivity contribution is 6.34. The lowest BCUT2D eigenvalue weighted by atomic mass is 10.1. The zero-order chi connectivity index (χ0) is 18.1. The van der Waals surface area contributed by atoms with E-state index >= 15 is 0 Å². The second-order valence-electron chi connectivity index (χ2n) is 6.09. The number of carbonyl (C=O) groups excluding carboxylic acids is 1. The van der Waals surface area contributed by atoms with Crippen molar-refractivity contribution >= 4 is 35.1 Å². The van der Waals surface area contributed by atoms with Crippen molar-refractivity contribution in [1.29, 1.82) is 0 Å². The van der Waals surface area contributed by atoms with Crippen LogP contribution in [0.4, 0.5) is 0 Å². The van der Waals surface area contributed by atoms with Gasteiger partial charge in [-0.25, -0.2) is 9.78 Å². The van der Waals surface area contributed by atoms with Crippen LogP contribution < -0.4 is 5.32 Å². The Morgan fingerprint density at radius 1 is 1.32 bits per heavy atom. The van der Waals surface area contributed by atoms with Gasteiger partial charge < -0.3 is 14.8 Å². The molecular formula is C17H16Cl2N2O4. The molecule has 0 aliphatic heterocycles. The number of rotatable bonds is 6. The number of aliphatic carboxylic acids is 1. The van der Waals surface area contributed by atoms with Gasteiger partial charge in [-0.2, -0.15) is 0 Å². The first kappa shape index (κ1) is 17.8. The molecule has 1 aliphatic rings. The highest BCUT2D eigenvalue weighted by Gasteiger charge is 2.32. The maximum atomic E-state index is 12.4. The standard InChI is InChI=1S/C17H16Cl2N2O4/c1-8-14(25-16(20-8)10-2-3-10)15(22)21-13(17(23)24)6-9-4-11(18)7-12(19)5-9/h4-5,7,10,13H,2-3,6H2,1H3,(H,21,22)(H,23,24). The number of benzene rings is 1. The van der Waals surface area contributed by atoms with Gasteiger partial charge in [-0.05, 0) is 43.5 Å². The van der Waals surface area contributed by atoms with Crippen LogP contribution in [0.2, 0.25) is 10.0 Å². The minimum atomic E-state index is -1.16. The Morgan fingerprint density at radius 2 is 1.96 bits per heavy atom. The summed E-state index contributed by atoms with van der Waals surface area (Å²) in [6.07, 6.45) is 2.03. The molecule has 3 rings (SSSR count). The van der Waals surface area contributed by atoms with E-state index in [4.69, 9.17) is 27.6 Å². The van der Waals surface area contributed by atoms with E-state index in [2.05, 4.69) is 10.3 Å². The molecule has 1 saturated carbocycles. The van der Waals surface area contributed by atoms with Crippen molar-refractivity contribution in [2.75, 3.05) is 0 Å². The lowest BCUT2D eigenvalue weighted by Gasteiger charge is -2.14. The number of carboxylic acids is 1. The molecule has 8 heteroatoms. The summed E-state index contributed by atoms with van der Waals surface area (Å²) >= 11 is 11.9. The van der Waals surface area contributed by atoms with E-state index in [1.54, 1.807) is 25.1 Å². The SMILES string of the molecule is Cc1nc(C2CC2)oc1C(=O)NC(Cc1cc(Cl)cc(Cl)c1)C(=O)O. The van der Waals surface area contributed by atoms with Crippen LogP contribution in [0.3, 0.4) is 0 Å². The van der Waals surface area contributed by atoms with Crippen LogP contribution in [-0.4, -0.2) is 28.0 Å². The third-order valence-electron chi connectivity index (χ3n) is 3.91. The summed E-state index contributed by atoms with van der Waals surface area (Å²) in [6.45, 7) is 1.66. The Hall–Kier alpha value is -2.05. The lowest BCUT2D eigenvalue weighted by Crippen LogP contribution is -2.42. The zero-order valence-electron chi connectivity index (χ0n) is 13.4. The molecule has 1 fully saturated rings. The smallest absolute Gasteiger partial charge is 0.326 e. The fourth-order valence-electron chi connectivity index (χ4n) is 2.52. The molecular weight excluding hydrogens is 367 g/mol. The summed E-state index contributed by atoms with van der Waals surface area (Å²) in [5.41, 5.74) is 1.06. The summed E-state index contributed by atoms with van der Waals surface area (Å²) in [5, 5.41) is 12.7. The van der Waals surface area contributed by atoms with Crippen LogP contribution in [0.15, 0.2) is 22.6 Å². The van der Waals surface area contributed by atoms with E-state index in [1.807, 2.05) is 0 Å². The van der Waals surface area contributed by atoms with Gasteiger partial charge in [0.2, 0.25) is 5.76 Å². The predicted octanol–water partition coefficient (Wildman–Crippen LogP) is 3.59. The molecule has 1 amide bonds. The monoisotopic (exact) mass is 382 g/mol. The number of aromatic nitrogens is 1. The third kappa shape index (κ3) is 4.32. The van der Waals surface area contributed by atoms with Crippen molar-refractivity contribution in [2.45, 2.75) is 38.1 Å². The van der Waals surface area contributed by atoms with Crippen molar-refractivity contribution in [2.24, 2.45) is 0 Å². The number of aryl methyl sites for hydroxylation is 1. The predicted molar refractivity (Wildman–Crippen MR) is 92.3 cm³/mol. The van der Waals surface area contributed by atoms with Crippen molar-refractivity contribution in [3.8, 4) is 0 Å². The number of oxazole rings is 1. The summed E-state index contributed by atoms with van der Waals surface area (Å²) in [6, 6.07) is 3.63. The second-order valence-corrected chi connectivity index (χ2v) is 6.96. The van der Waals surface area contributed by atoms with Gasteiger partial charge in [-0.1, -0.05) is 23.2 Å². The van der Waals surface area contributed by atoms with Crippen LogP contribution in [0.5, 0.6) is 0 Å². The number of carbonyl (C=O) groups is 2. The van der Waals surface area contributed by atoms with Crippen LogP contribution in [0.1, 0.15) is 46.5 Å². The number of amides is 1. The van der Waals surface area contributed by atoms with E-state index in [0.29, 0.717) is 27.2 Å². The Kier molecular flexibility index (Phi) is 5.01. The normalized spacial score (nSPS) is 15.0. The van der Waals surface area contributed by atoms with E-state index < -0.39 is 17.9 Å². The summed E-state index contributed by atoms with van der Waals surface area (Å²) in [4.78, 5) is 28.2. The van der Waals surface area contributed by atoms with Crippen LogP contribution in [-0.2, 0) is 11.2 Å². The Morgan fingerprint density at radius 3 is 2.52 bits per heavy atom. The number of hydrogen-bond acceptors (Lipinski definition) is 4. The molecule has 2 aromatic rings. The molecule has 0 radical (unpaired) electrons. The van der Waals surface area contributed by atoms with E-state index in [0.717, 1.165) is 12.8 Å². The third-order valence-corrected chi connectivity index (χ3v) is 4.35. The van der Waals surface area contributed by atoms with E-state index in [-0.39, 0.29) is 18.1 Å². The van der Waals surface area contributed by atoms with Crippen LogP contribution in [0, 0.1) is 6.92 Å². The summed E-state index contributed by atoms with van der Waals surface area (Å²) < 4.78 is 5.51. The molecule has 1 aromatic carbocycles. The average Bonchev–Trinajstić information content (AvgIpc) is 3.28. The summed E-state index contributed by atoms with van der Waals surface area (Å²) in [7, 11) is 0. The maximum Gasteiger partial charge on any atom is 0.326 e. The van der Waals surface area contributed by atoms with Gasteiger partial charge in [-0.3, -0.25) is 4.79 Å². The first-order valence-corrected chi connectivity index (χ1v) is 8.55. The Bertz CT molecular complexity index is 810. The van der Waals surface area contributed by atoms with E-state index in [9.17, 15) is 14.7 Å². The van der Waals surface area contributed by atoms with Gasteiger partial charge in [0.1, 0.15) is 6.04 Å². The fraction of sp³-hybridized carbons (Fsp3) is 0.353. The van der Waals surface area contributed by atoms with E-state index in [1.165, 1.54) is 0 Å². The Balaban J connectivity index is 1.75. The van der Waals surface area contributed by atoms with Gasteiger partial charge in [0, 0.05) is 22.4 Å². The minimum absolute atomic E-state index is 0.0457. The van der Waals surface area contributed by atoms with Gasteiger partial charge in [0.15, 0.2) is 5.89 Å². The zero-order valence-corrected chi connectivity index (χ0v) is 14.9. The molecule has 0 bridgehead atoms. The highest BCUT2D eigenvalue weighted by Crippen LogP contribution is 2.40. The molecule has 1 aliphatic carbocycles. The average molecular weight is 383 g/mol.